The van der Waals surface area contributed by atoms with Crippen molar-refractivity contribution in [1.29, 1.82) is 0 Å². The predicted molar refractivity (Wildman–Crippen MR) is 105 cm³/mol. The Kier molecular flexibility index (Phi) is 8.28. The third kappa shape index (κ3) is 7.01. The Morgan fingerprint density at radius 1 is 1.24 bits per heavy atom. The van der Waals surface area contributed by atoms with Gasteiger partial charge in [-0.1, -0.05) is 67.7 Å². The molecule has 1 aliphatic rings. The quantitative estimate of drug-likeness (QED) is 0.388. The predicted octanol–water partition coefficient (Wildman–Crippen LogP) is 4.18. The van der Waals surface area contributed by atoms with Gasteiger partial charge in [0, 0.05) is 6.61 Å². The Bertz CT molecular complexity index is 489. The molecule has 0 fully saturated rings. The van der Waals surface area contributed by atoms with Crippen LogP contribution >= 0.6 is 34.8 Å². The Hall–Kier alpha value is 0.177. The van der Waals surface area contributed by atoms with E-state index >= 15 is 0 Å². The summed E-state index contributed by atoms with van der Waals surface area (Å²) in [5, 5.41) is 2.72. The van der Waals surface area contributed by atoms with E-state index in [4.69, 9.17) is 48.7 Å². The molecule has 1 rings (SSSR count). The van der Waals surface area contributed by atoms with Gasteiger partial charge < -0.3 is 19.2 Å². The van der Waals surface area contributed by atoms with Crippen molar-refractivity contribution in [3.8, 4) is 0 Å². The summed E-state index contributed by atoms with van der Waals surface area (Å²) in [6, 6.07) is -0.535. The number of rotatable bonds is 6. The first kappa shape index (κ1) is 23.2. The molecule has 0 aromatic carbocycles. The maximum absolute atomic E-state index is 11.9. The summed E-state index contributed by atoms with van der Waals surface area (Å²) < 4.78 is 15.6. The van der Waals surface area contributed by atoms with E-state index in [0.29, 0.717) is 13.2 Å². The van der Waals surface area contributed by atoms with Crippen LogP contribution in [-0.4, -0.2) is 49.7 Å². The Morgan fingerprint density at radius 3 is 2.32 bits per heavy atom. The lowest BCUT2D eigenvalue weighted by molar-refractivity contribution is -0.179. The SMILES string of the molecule is CCO[C@@H]1O[C@H](CO[Si](C)(C)C(C)(C)C)C=C[C@H]1NC(=O)C(Cl)(Cl)Cl. The molecule has 0 saturated carbocycles. The largest absolute Gasteiger partial charge is 0.414 e. The van der Waals surface area contributed by atoms with Crippen LogP contribution in [0.5, 0.6) is 0 Å². The van der Waals surface area contributed by atoms with Crippen LogP contribution in [0.3, 0.4) is 0 Å². The molecule has 0 aromatic heterocycles. The van der Waals surface area contributed by atoms with Crippen molar-refractivity contribution in [1.82, 2.24) is 5.32 Å². The van der Waals surface area contributed by atoms with Crippen LogP contribution in [0.25, 0.3) is 0 Å². The highest BCUT2D eigenvalue weighted by Crippen LogP contribution is 2.36. The average molecular weight is 433 g/mol. The molecule has 0 aliphatic carbocycles. The van der Waals surface area contributed by atoms with Gasteiger partial charge in [0.1, 0.15) is 6.10 Å². The maximum Gasteiger partial charge on any atom is 0.272 e. The van der Waals surface area contributed by atoms with E-state index in [0.717, 1.165) is 0 Å². The van der Waals surface area contributed by atoms with Crippen molar-refractivity contribution in [2.75, 3.05) is 13.2 Å². The highest BCUT2D eigenvalue weighted by Gasteiger charge is 2.39. The lowest BCUT2D eigenvalue weighted by Gasteiger charge is -2.38. The zero-order valence-electron chi connectivity index (χ0n) is 15.6. The van der Waals surface area contributed by atoms with Crippen LogP contribution in [0.4, 0.5) is 0 Å². The van der Waals surface area contributed by atoms with Crippen LogP contribution in [0.1, 0.15) is 27.7 Å². The van der Waals surface area contributed by atoms with Crippen LogP contribution in [-0.2, 0) is 18.7 Å². The molecule has 0 saturated heterocycles. The summed E-state index contributed by atoms with van der Waals surface area (Å²) in [5.74, 6) is -0.726. The second-order valence-electron chi connectivity index (χ2n) is 7.45. The molecule has 25 heavy (non-hydrogen) atoms. The molecule has 1 heterocycles. The number of amides is 1. The first-order valence-electron chi connectivity index (χ1n) is 8.25. The minimum atomic E-state index is -2.03. The molecule has 0 spiro atoms. The van der Waals surface area contributed by atoms with Crippen molar-refractivity contribution in [2.45, 2.75) is 68.1 Å². The molecule has 0 radical (unpaired) electrons. The summed E-state index contributed by atoms with van der Waals surface area (Å²) in [4.78, 5) is 11.9. The van der Waals surface area contributed by atoms with Gasteiger partial charge in [-0.15, -0.1) is 0 Å². The van der Waals surface area contributed by atoms with Crippen molar-refractivity contribution in [3.63, 3.8) is 0 Å². The topological polar surface area (TPSA) is 56.8 Å². The van der Waals surface area contributed by atoms with E-state index in [2.05, 4.69) is 39.2 Å². The monoisotopic (exact) mass is 431 g/mol. The smallest absolute Gasteiger partial charge is 0.272 e. The van der Waals surface area contributed by atoms with Gasteiger partial charge >= 0.3 is 0 Å². The highest BCUT2D eigenvalue weighted by atomic mass is 35.6. The Labute approximate surface area is 166 Å². The first-order chi connectivity index (χ1) is 11.3. The normalized spacial score (nSPS) is 25.1. The molecule has 1 amide bonds. The van der Waals surface area contributed by atoms with Crippen LogP contribution in [0.15, 0.2) is 12.2 Å². The van der Waals surface area contributed by atoms with E-state index in [-0.39, 0.29) is 11.1 Å². The molecular formula is C16H28Cl3NO4Si. The number of ether oxygens (including phenoxy) is 2. The third-order valence-electron chi connectivity index (χ3n) is 4.44. The molecule has 5 nitrogen and oxygen atoms in total. The molecule has 9 heteroatoms. The molecular weight excluding hydrogens is 405 g/mol. The van der Waals surface area contributed by atoms with Crippen molar-refractivity contribution in [3.05, 3.63) is 12.2 Å². The zero-order chi connectivity index (χ0) is 19.5. The number of carbonyl (C=O) groups excluding carboxylic acids is 1. The molecule has 3 atom stereocenters. The second kappa shape index (κ2) is 8.91. The standard InChI is InChI=1S/C16H28Cl3NO4Si/c1-7-22-13-12(20-14(21)16(17,18)19)9-8-11(24-13)10-23-25(5,6)15(2,3)4/h8-9,11-13H,7,10H2,1-6H3,(H,20,21)/t11-,12+,13+/m0/s1. The van der Waals surface area contributed by atoms with E-state index in [1.807, 2.05) is 13.0 Å². The van der Waals surface area contributed by atoms with Gasteiger partial charge in [0.2, 0.25) is 0 Å². The molecule has 1 aliphatic heterocycles. The maximum atomic E-state index is 11.9. The fourth-order valence-corrected chi connectivity index (χ4v) is 3.07. The highest BCUT2D eigenvalue weighted by molar-refractivity contribution is 6.76. The van der Waals surface area contributed by atoms with Gasteiger partial charge in [-0.3, -0.25) is 4.79 Å². The minimum absolute atomic E-state index is 0.117. The number of hydrogen-bond donors (Lipinski definition) is 1. The lowest BCUT2D eigenvalue weighted by Crippen LogP contribution is -2.52. The van der Waals surface area contributed by atoms with E-state index in [1.165, 1.54) is 0 Å². The second-order valence-corrected chi connectivity index (χ2v) is 14.5. The summed E-state index contributed by atoms with van der Waals surface area (Å²) in [7, 11) is -1.87. The van der Waals surface area contributed by atoms with Gasteiger partial charge in [-0.05, 0) is 25.1 Å². The van der Waals surface area contributed by atoms with E-state index in [1.54, 1.807) is 6.08 Å². The summed E-state index contributed by atoms with van der Waals surface area (Å²) in [6.07, 6.45) is 2.70. The van der Waals surface area contributed by atoms with Gasteiger partial charge in [0.05, 0.1) is 12.6 Å². The fraction of sp³-hybridized carbons (Fsp3) is 0.812. The number of nitrogens with one attached hydrogen (secondary N) is 1. The molecule has 0 aromatic rings. The van der Waals surface area contributed by atoms with Gasteiger partial charge in [-0.2, -0.15) is 0 Å². The zero-order valence-corrected chi connectivity index (χ0v) is 18.8. The average Bonchev–Trinajstić information content (AvgIpc) is 2.45. The summed E-state index contributed by atoms with van der Waals surface area (Å²) in [5.41, 5.74) is 0. The van der Waals surface area contributed by atoms with Crippen LogP contribution in [0.2, 0.25) is 18.1 Å². The molecule has 146 valence electrons. The Balaban J connectivity index is 2.73. The summed E-state index contributed by atoms with van der Waals surface area (Å²) in [6.45, 7) is 13.6. The van der Waals surface area contributed by atoms with Crippen LogP contribution in [0, 0.1) is 0 Å². The minimum Gasteiger partial charge on any atom is -0.414 e. The summed E-state index contributed by atoms with van der Waals surface area (Å²) >= 11 is 16.8. The van der Waals surface area contributed by atoms with Gasteiger partial charge in [0.15, 0.2) is 14.6 Å². The number of carbonyl (C=O) groups is 1. The van der Waals surface area contributed by atoms with Gasteiger partial charge in [-0.25, -0.2) is 0 Å². The fourth-order valence-electron chi connectivity index (χ4n) is 1.90. The first-order valence-corrected chi connectivity index (χ1v) is 12.3. The van der Waals surface area contributed by atoms with Crippen molar-refractivity contribution >= 4 is 49.0 Å². The van der Waals surface area contributed by atoms with E-state index in [9.17, 15) is 4.79 Å². The van der Waals surface area contributed by atoms with E-state index < -0.39 is 30.3 Å². The molecule has 0 unspecified atom stereocenters. The number of hydrogen-bond acceptors (Lipinski definition) is 4. The lowest BCUT2D eigenvalue weighted by atomic mass is 10.1. The van der Waals surface area contributed by atoms with Crippen LogP contribution < -0.4 is 5.32 Å². The molecule has 1 N–H and O–H groups in total. The third-order valence-corrected chi connectivity index (χ3v) is 9.45. The number of halogens is 3. The Morgan fingerprint density at radius 2 is 1.84 bits per heavy atom. The van der Waals surface area contributed by atoms with Crippen molar-refractivity contribution in [2.24, 2.45) is 0 Å². The molecule has 0 bridgehead atoms. The van der Waals surface area contributed by atoms with Crippen molar-refractivity contribution < 1.29 is 18.7 Å². The number of alkyl halides is 3. The van der Waals surface area contributed by atoms with Gasteiger partial charge in [0.25, 0.3) is 9.70 Å².